The van der Waals surface area contributed by atoms with Crippen molar-refractivity contribution in [2.75, 3.05) is 18.8 Å². The van der Waals surface area contributed by atoms with Crippen LogP contribution in [0, 0.1) is 0 Å². The van der Waals surface area contributed by atoms with Crippen LogP contribution in [-0.4, -0.2) is 29.9 Å². The molecule has 0 aromatic heterocycles. The number of hydrogen-bond donors (Lipinski definition) is 2. The van der Waals surface area contributed by atoms with Gasteiger partial charge in [0.05, 0.1) is 6.04 Å². The first kappa shape index (κ1) is 11.9. The van der Waals surface area contributed by atoms with Crippen molar-refractivity contribution in [2.45, 2.75) is 25.3 Å². The summed E-state index contributed by atoms with van der Waals surface area (Å²) in [5.74, 6) is -0.195. The molecular weight excluding hydrogens is 214 g/mol. The second-order valence-electron chi connectivity index (χ2n) is 4.59. The lowest BCUT2D eigenvalue weighted by atomic mass is 10.1. The summed E-state index contributed by atoms with van der Waals surface area (Å²) in [6, 6.07) is 7.81. The molecule has 1 aliphatic rings. The Balaban J connectivity index is 1.89. The highest BCUT2D eigenvalue weighted by Crippen LogP contribution is 2.17. The van der Waals surface area contributed by atoms with E-state index >= 15 is 0 Å². The Bertz CT molecular complexity index is 388. The van der Waals surface area contributed by atoms with Gasteiger partial charge in [0.15, 0.2) is 0 Å². The van der Waals surface area contributed by atoms with E-state index in [-0.39, 0.29) is 11.9 Å². The molecule has 1 saturated heterocycles. The first-order valence-electron chi connectivity index (χ1n) is 6.04. The minimum absolute atomic E-state index is 0.0659. The molecule has 1 heterocycles. The number of primary amides is 1. The van der Waals surface area contributed by atoms with E-state index in [2.05, 4.69) is 4.90 Å². The summed E-state index contributed by atoms with van der Waals surface area (Å²) < 4.78 is 0. The molecule has 1 aromatic carbocycles. The van der Waals surface area contributed by atoms with Crippen LogP contribution in [0.2, 0.25) is 0 Å². The Morgan fingerprint density at radius 2 is 2.06 bits per heavy atom. The van der Waals surface area contributed by atoms with E-state index in [1.807, 2.05) is 24.3 Å². The van der Waals surface area contributed by atoms with E-state index in [0.717, 1.165) is 38.0 Å². The van der Waals surface area contributed by atoms with E-state index in [9.17, 15) is 4.79 Å². The van der Waals surface area contributed by atoms with Crippen molar-refractivity contribution < 1.29 is 4.79 Å². The normalized spacial score (nSPS) is 20.6. The average molecular weight is 233 g/mol. The van der Waals surface area contributed by atoms with E-state index in [4.69, 9.17) is 11.5 Å². The Labute approximate surface area is 102 Å². The molecule has 0 spiro atoms. The maximum Gasteiger partial charge on any atom is 0.234 e. The molecule has 1 amide bonds. The summed E-state index contributed by atoms with van der Waals surface area (Å²) in [4.78, 5) is 13.4. The van der Waals surface area contributed by atoms with Gasteiger partial charge in [0, 0.05) is 12.2 Å². The predicted octanol–water partition coefficient (Wildman–Crippen LogP) is 0.761. The number of amides is 1. The SMILES string of the molecule is NC(=O)[C@@H]1CCCN1CCc1ccc(N)cc1. The number of nitrogens with zero attached hydrogens (tertiary/aromatic N) is 1. The standard InChI is InChI=1S/C13H19N3O/c14-11-5-3-10(4-6-11)7-9-16-8-1-2-12(16)13(15)17/h3-6,12H,1-2,7-9,14H2,(H2,15,17)/t12-/m0/s1. The third-order valence-electron chi connectivity index (χ3n) is 3.36. The van der Waals surface area contributed by atoms with E-state index in [0.29, 0.717) is 0 Å². The highest BCUT2D eigenvalue weighted by Gasteiger charge is 2.28. The van der Waals surface area contributed by atoms with Crippen molar-refractivity contribution in [3.63, 3.8) is 0 Å². The van der Waals surface area contributed by atoms with Crippen LogP contribution in [0.1, 0.15) is 18.4 Å². The van der Waals surface area contributed by atoms with E-state index < -0.39 is 0 Å². The van der Waals surface area contributed by atoms with Crippen molar-refractivity contribution in [1.82, 2.24) is 4.90 Å². The van der Waals surface area contributed by atoms with Gasteiger partial charge in [0.25, 0.3) is 0 Å². The van der Waals surface area contributed by atoms with E-state index in [1.165, 1.54) is 5.56 Å². The quantitative estimate of drug-likeness (QED) is 0.754. The molecule has 0 bridgehead atoms. The number of nitrogen functional groups attached to an aromatic ring is 1. The first-order chi connectivity index (χ1) is 8.16. The molecule has 0 aliphatic carbocycles. The van der Waals surface area contributed by atoms with Gasteiger partial charge in [-0.25, -0.2) is 0 Å². The molecule has 1 aromatic rings. The zero-order valence-corrected chi connectivity index (χ0v) is 9.93. The maximum atomic E-state index is 11.2. The Morgan fingerprint density at radius 3 is 2.71 bits per heavy atom. The molecule has 0 radical (unpaired) electrons. The van der Waals surface area contributed by atoms with Gasteiger partial charge in [-0.15, -0.1) is 0 Å². The van der Waals surface area contributed by atoms with Crippen LogP contribution in [0.4, 0.5) is 5.69 Å². The number of likely N-dealkylation sites (tertiary alicyclic amines) is 1. The molecule has 2 rings (SSSR count). The smallest absolute Gasteiger partial charge is 0.234 e. The first-order valence-corrected chi connectivity index (χ1v) is 6.04. The highest BCUT2D eigenvalue weighted by molar-refractivity contribution is 5.80. The van der Waals surface area contributed by atoms with Gasteiger partial charge in [0.1, 0.15) is 0 Å². The molecule has 1 atom stereocenters. The Morgan fingerprint density at radius 1 is 1.35 bits per heavy atom. The second-order valence-corrected chi connectivity index (χ2v) is 4.59. The third kappa shape index (κ3) is 2.97. The fourth-order valence-corrected chi connectivity index (χ4v) is 2.37. The lowest BCUT2D eigenvalue weighted by Gasteiger charge is -2.21. The molecule has 1 fully saturated rings. The number of nitrogens with two attached hydrogens (primary N) is 2. The van der Waals surface area contributed by atoms with E-state index in [1.54, 1.807) is 0 Å². The maximum absolute atomic E-state index is 11.2. The lowest BCUT2D eigenvalue weighted by molar-refractivity contribution is -0.122. The van der Waals surface area contributed by atoms with Crippen molar-refractivity contribution in [3.8, 4) is 0 Å². The van der Waals surface area contributed by atoms with Gasteiger partial charge in [0.2, 0.25) is 5.91 Å². The van der Waals surface area contributed by atoms with Crippen molar-refractivity contribution in [3.05, 3.63) is 29.8 Å². The average Bonchev–Trinajstić information content (AvgIpc) is 2.76. The Kier molecular flexibility index (Phi) is 3.64. The fourth-order valence-electron chi connectivity index (χ4n) is 2.37. The number of carbonyl (C=O) groups excluding carboxylic acids is 1. The number of benzene rings is 1. The van der Waals surface area contributed by atoms with Gasteiger partial charge in [-0.2, -0.15) is 0 Å². The zero-order valence-electron chi connectivity index (χ0n) is 9.93. The van der Waals surface area contributed by atoms with Crippen LogP contribution in [0.25, 0.3) is 0 Å². The van der Waals surface area contributed by atoms with Crippen molar-refractivity contribution in [1.29, 1.82) is 0 Å². The second kappa shape index (κ2) is 5.19. The van der Waals surface area contributed by atoms with Crippen molar-refractivity contribution in [2.24, 2.45) is 5.73 Å². The molecule has 4 heteroatoms. The molecule has 4 N–H and O–H groups in total. The summed E-state index contributed by atoms with van der Waals surface area (Å²) in [5, 5.41) is 0. The molecule has 1 aliphatic heterocycles. The van der Waals surface area contributed by atoms with Crippen molar-refractivity contribution >= 4 is 11.6 Å². The van der Waals surface area contributed by atoms with Gasteiger partial charge >= 0.3 is 0 Å². The highest BCUT2D eigenvalue weighted by atomic mass is 16.1. The fraction of sp³-hybridized carbons (Fsp3) is 0.462. The number of carbonyl (C=O) groups is 1. The third-order valence-corrected chi connectivity index (χ3v) is 3.36. The van der Waals surface area contributed by atoms with Gasteiger partial charge in [-0.1, -0.05) is 12.1 Å². The summed E-state index contributed by atoms with van der Waals surface area (Å²) >= 11 is 0. The minimum atomic E-state index is -0.195. The summed E-state index contributed by atoms with van der Waals surface area (Å²) in [6.07, 6.45) is 2.90. The van der Waals surface area contributed by atoms with Gasteiger partial charge in [-0.3, -0.25) is 9.69 Å². The molecule has 0 unspecified atom stereocenters. The molecular formula is C13H19N3O. The topological polar surface area (TPSA) is 72.4 Å². The molecule has 92 valence electrons. The molecule has 0 saturated carbocycles. The minimum Gasteiger partial charge on any atom is -0.399 e. The van der Waals surface area contributed by atoms with Crippen LogP contribution in [0.5, 0.6) is 0 Å². The monoisotopic (exact) mass is 233 g/mol. The van der Waals surface area contributed by atoms with Crippen LogP contribution in [-0.2, 0) is 11.2 Å². The van der Waals surface area contributed by atoms with Crippen LogP contribution in [0.3, 0.4) is 0 Å². The largest absolute Gasteiger partial charge is 0.399 e. The van der Waals surface area contributed by atoms with Crippen LogP contribution >= 0.6 is 0 Å². The van der Waals surface area contributed by atoms with Gasteiger partial charge in [-0.05, 0) is 43.5 Å². The summed E-state index contributed by atoms with van der Waals surface area (Å²) in [5.41, 5.74) is 13.0. The predicted molar refractivity (Wildman–Crippen MR) is 68.3 cm³/mol. The number of rotatable bonds is 4. The van der Waals surface area contributed by atoms with Crippen LogP contribution < -0.4 is 11.5 Å². The lowest BCUT2D eigenvalue weighted by Crippen LogP contribution is -2.41. The summed E-state index contributed by atoms with van der Waals surface area (Å²) in [7, 11) is 0. The number of hydrogen-bond acceptors (Lipinski definition) is 3. The van der Waals surface area contributed by atoms with Gasteiger partial charge < -0.3 is 11.5 Å². The summed E-state index contributed by atoms with van der Waals surface area (Å²) in [6.45, 7) is 1.86. The Hall–Kier alpha value is -1.55. The van der Waals surface area contributed by atoms with Crippen LogP contribution in [0.15, 0.2) is 24.3 Å². The molecule has 4 nitrogen and oxygen atoms in total. The zero-order chi connectivity index (χ0) is 12.3. The number of anilines is 1. The molecule has 17 heavy (non-hydrogen) atoms.